The third-order valence-corrected chi connectivity index (χ3v) is 4.53. The summed E-state index contributed by atoms with van der Waals surface area (Å²) in [5.74, 6) is 0. The summed E-state index contributed by atoms with van der Waals surface area (Å²) in [6.45, 7) is 2.52. The molecule has 94 valence electrons. The highest BCUT2D eigenvalue weighted by Gasteiger charge is 2.22. The van der Waals surface area contributed by atoms with Crippen LogP contribution in [0.2, 0.25) is 0 Å². The number of rotatable bonds is 6. The van der Waals surface area contributed by atoms with Crippen molar-refractivity contribution in [3.05, 3.63) is 30.3 Å². The highest BCUT2D eigenvalue weighted by atomic mass is 32.2. The third-order valence-electron chi connectivity index (χ3n) is 2.34. The lowest BCUT2D eigenvalue weighted by molar-refractivity contribution is 0.437. The zero-order valence-corrected chi connectivity index (χ0v) is 11.3. The second-order valence-electron chi connectivity index (χ2n) is 3.53. The van der Waals surface area contributed by atoms with Gasteiger partial charge in [-0.05, 0) is 12.1 Å². The largest absolute Gasteiger partial charge is 0.393 e. The molecule has 0 saturated carbocycles. The van der Waals surface area contributed by atoms with Gasteiger partial charge in [0.25, 0.3) is 0 Å². The van der Waals surface area contributed by atoms with Gasteiger partial charge in [-0.3, -0.25) is 0 Å². The van der Waals surface area contributed by atoms with Crippen molar-refractivity contribution < 1.29 is 8.42 Å². The van der Waals surface area contributed by atoms with Crippen LogP contribution in [0.15, 0.2) is 35.2 Å². The van der Waals surface area contributed by atoms with Gasteiger partial charge in [0.15, 0.2) is 0 Å². The van der Waals surface area contributed by atoms with Gasteiger partial charge < -0.3 is 5.73 Å². The van der Waals surface area contributed by atoms with E-state index in [0.29, 0.717) is 29.4 Å². The fourth-order valence-corrected chi connectivity index (χ4v) is 2.99. The van der Waals surface area contributed by atoms with Gasteiger partial charge in [0.05, 0.1) is 9.88 Å². The number of hydrogen-bond acceptors (Lipinski definition) is 3. The first-order valence-electron chi connectivity index (χ1n) is 5.32. The molecule has 1 aromatic rings. The number of nitrogens with two attached hydrogens (primary N) is 1. The maximum atomic E-state index is 12.2. The summed E-state index contributed by atoms with van der Waals surface area (Å²) >= 11 is 4.76. The second kappa shape index (κ2) is 6.09. The first-order valence-corrected chi connectivity index (χ1v) is 7.16. The Kier molecular flexibility index (Phi) is 5.04. The molecule has 0 aromatic heterocycles. The van der Waals surface area contributed by atoms with Crippen molar-refractivity contribution in [1.29, 1.82) is 0 Å². The molecule has 6 heteroatoms. The molecule has 0 radical (unpaired) electrons. The van der Waals surface area contributed by atoms with Gasteiger partial charge in [0.2, 0.25) is 10.0 Å². The molecule has 0 bridgehead atoms. The molecule has 0 amide bonds. The summed E-state index contributed by atoms with van der Waals surface area (Å²) in [7, 11) is -3.43. The number of benzene rings is 1. The molecular weight excluding hydrogens is 256 g/mol. The van der Waals surface area contributed by atoms with E-state index in [1.165, 1.54) is 4.31 Å². The monoisotopic (exact) mass is 272 g/mol. The maximum absolute atomic E-state index is 12.2. The first kappa shape index (κ1) is 14.1. The van der Waals surface area contributed by atoms with Gasteiger partial charge in [0, 0.05) is 19.5 Å². The van der Waals surface area contributed by atoms with E-state index in [1.54, 1.807) is 37.3 Å². The average Bonchev–Trinajstić information content (AvgIpc) is 2.30. The summed E-state index contributed by atoms with van der Waals surface area (Å²) in [6.07, 6.45) is 0.398. The molecule has 4 nitrogen and oxygen atoms in total. The summed E-state index contributed by atoms with van der Waals surface area (Å²) in [5, 5.41) is 0. The first-order chi connectivity index (χ1) is 7.98. The molecule has 0 atom stereocenters. The van der Waals surface area contributed by atoms with E-state index in [-0.39, 0.29) is 0 Å². The van der Waals surface area contributed by atoms with Gasteiger partial charge in [0.1, 0.15) is 0 Å². The topological polar surface area (TPSA) is 63.4 Å². The normalized spacial score (nSPS) is 11.6. The Balaban J connectivity index is 2.91. The maximum Gasteiger partial charge on any atom is 0.243 e. The summed E-state index contributed by atoms with van der Waals surface area (Å²) < 4.78 is 25.8. The summed E-state index contributed by atoms with van der Waals surface area (Å²) in [5.41, 5.74) is 5.39. The van der Waals surface area contributed by atoms with E-state index in [9.17, 15) is 8.42 Å². The number of hydrogen-bond donors (Lipinski definition) is 1. The van der Waals surface area contributed by atoms with Crippen LogP contribution in [-0.4, -0.2) is 30.8 Å². The predicted molar refractivity (Wildman–Crippen MR) is 72.3 cm³/mol. The van der Waals surface area contributed by atoms with Crippen LogP contribution in [0.5, 0.6) is 0 Å². The smallest absolute Gasteiger partial charge is 0.243 e. The van der Waals surface area contributed by atoms with Crippen LogP contribution < -0.4 is 5.73 Å². The SMILES string of the molecule is CCN(CCC(N)=S)S(=O)(=O)c1ccccc1. The molecule has 17 heavy (non-hydrogen) atoms. The molecule has 1 aromatic carbocycles. The molecule has 0 aliphatic rings. The highest BCUT2D eigenvalue weighted by Crippen LogP contribution is 2.14. The van der Waals surface area contributed by atoms with E-state index >= 15 is 0 Å². The van der Waals surface area contributed by atoms with Crippen molar-refractivity contribution in [2.24, 2.45) is 5.73 Å². The van der Waals surface area contributed by atoms with Crippen LogP contribution in [0, 0.1) is 0 Å². The molecule has 0 heterocycles. The Bertz CT molecular complexity index is 472. The quantitative estimate of drug-likeness (QED) is 0.795. The van der Waals surface area contributed by atoms with Gasteiger partial charge >= 0.3 is 0 Å². The minimum Gasteiger partial charge on any atom is -0.393 e. The van der Waals surface area contributed by atoms with Crippen molar-refractivity contribution in [3.63, 3.8) is 0 Å². The van der Waals surface area contributed by atoms with E-state index in [2.05, 4.69) is 0 Å². The van der Waals surface area contributed by atoms with E-state index in [4.69, 9.17) is 18.0 Å². The van der Waals surface area contributed by atoms with Gasteiger partial charge in [-0.25, -0.2) is 8.42 Å². The lowest BCUT2D eigenvalue weighted by atomic mass is 10.4. The van der Waals surface area contributed by atoms with Crippen molar-refractivity contribution in [2.75, 3.05) is 13.1 Å². The van der Waals surface area contributed by atoms with Gasteiger partial charge in [-0.2, -0.15) is 4.31 Å². The predicted octanol–water partition coefficient (Wildman–Crippen LogP) is 1.37. The standard InChI is InChI=1S/C11H16N2O2S2/c1-2-13(9-8-11(12)16)17(14,15)10-6-4-3-5-7-10/h3-7H,2,8-9H2,1H3,(H2,12,16). The van der Waals surface area contributed by atoms with Crippen molar-refractivity contribution in [2.45, 2.75) is 18.2 Å². The minimum atomic E-state index is -3.43. The molecule has 0 fully saturated rings. The molecule has 0 unspecified atom stereocenters. The molecule has 0 spiro atoms. The van der Waals surface area contributed by atoms with Crippen molar-refractivity contribution >= 4 is 27.2 Å². The van der Waals surface area contributed by atoms with Crippen LogP contribution in [0.4, 0.5) is 0 Å². The minimum absolute atomic E-state index is 0.296. The third kappa shape index (κ3) is 3.76. The molecular formula is C11H16N2O2S2. The molecule has 0 saturated heterocycles. The van der Waals surface area contributed by atoms with Crippen LogP contribution in [0.1, 0.15) is 13.3 Å². The summed E-state index contributed by atoms with van der Waals surface area (Å²) in [4.78, 5) is 0.622. The van der Waals surface area contributed by atoms with Gasteiger partial charge in [-0.15, -0.1) is 0 Å². The Labute approximate surface area is 107 Å². The van der Waals surface area contributed by atoms with Crippen LogP contribution in [0.3, 0.4) is 0 Å². The molecule has 2 N–H and O–H groups in total. The van der Waals surface area contributed by atoms with Crippen molar-refractivity contribution in [3.8, 4) is 0 Å². The number of nitrogens with zero attached hydrogens (tertiary/aromatic N) is 1. The van der Waals surface area contributed by atoms with Crippen LogP contribution in [0.25, 0.3) is 0 Å². The van der Waals surface area contributed by atoms with E-state index in [0.717, 1.165) is 0 Å². The lowest BCUT2D eigenvalue weighted by Gasteiger charge is -2.20. The Hall–Kier alpha value is -0.980. The van der Waals surface area contributed by atoms with E-state index < -0.39 is 10.0 Å². The van der Waals surface area contributed by atoms with Crippen molar-refractivity contribution in [1.82, 2.24) is 4.31 Å². The fraction of sp³-hybridized carbons (Fsp3) is 0.364. The summed E-state index contributed by atoms with van der Waals surface area (Å²) in [6, 6.07) is 8.35. The lowest BCUT2D eigenvalue weighted by Crippen LogP contribution is -2.33. The van der Waals surface area contributed by atoms with Gasteiger partial charge in [-0.1, -0.05) is 37.3 Å². The van der Waals surface area contributed by atoms with E-state index in [1.807, 2.05) is 0 Å². The number of thiocarbonyl (C=S) groups is 1. The van der Waals surface area contributed by atoms with Crippen LogP contribution in [-0.2, 0) is 10.0 Å². The number of sulfonamides is 1. The zero-order chi connectivity index (χ0) is 12.9. The Morgan fingerprint density at radius 3 is 2.41 bits per heavy atom. The highest BCUT2D eigenvalue weighted by molar-refractivity contribution is 7.89. The molecule has 0 aliphatic carbocycles. The fourth-order valence-electron chi connectivity index (χ4n) is 1.42. The van der Waals surface area contributed by atoms with Crippen LogP contribution >= 0.6 is 12.2 Å². The zero-order valence-electron chi connectivity index (χ0n) is 9.67. The second-order valence-corrected chi connectivity index (χ2v) is 5.99. The molecule has 1 rings (SSSR count). The molecule has 0 aliphatic heterocycles. The average molecular weight is 272 g/mol. The Morgan fingerprint density at radius 2 is 1.94 bits per heavy atom. The Morgan fingerprint density at radius 1 is 1.35 bits per heavy atom.